The molecule has 0 saturated carbocycles. The molecule has 0 radical (unpaired) electrons. The SMILES string of the molecule is Cc1nc(C(N)=O)[n+](C)n1-c1ccc(C(C)(C)c2ccc(-c3ccc(C(=O)N(C)C)cc3)cc2)cc1. The predicted molar refractivity (Wildman–Crippen MR) is 140 cm³/mol. The van der Waals surface area contributed by atoms with Gasteiger partial charge in [-0.25, -0.2) is 0 Å². The number of aryl methyl sites for hydroxylation is 1. The van der Waals surface area contributed by atoms with Gasteiger partial charge in [-0.2, -0.15) is 0 Å². The molecule has 0 spiro atoms. The van der Waals surface area contributed by atoms with Crippen LogP contribution in [0.5, 0.6) is 0 Å². The Balaban J connectivity index is 1.57. The predicted octanol–water partition coefficient (Wildman–Crippen LogP) is 3.80. The van der Waals surface area contributed by atoms with Gasteiger partial charge in [-0.15, -0.1) is 9.36 Å². The van der Waals surface area contributed by atoms with E-state index in [0.29, 0.717) is 11.4 Å². The van der Waals surface area contributed by atoms with Crippen molar-refractivity contribution in [2.75, 3.05) is 14.1 Å². The zero-order valence-electron chi connectivity index (χ0n) is 21.6. The molecule has 0 atom stereocenters. The van der Waals surface area contributed by atoms with Crippen molar-refractivity contribution >= 4 is 11.8 Å². The normalized spacial score (nSPS) is 11.4. The summed E-state index contributed by atoms with van der Waals surface area (Å²) in [4.78, 5) is 29.7. The lowest BCUT2D eigenvalue weighted by atomic mass is 9.78. The van der Waals surface area contributed by atoms with Crippen LogP contribution in [-0.2, 0) is 12.5 Å². The molecule has 0 aliphatic rings. The van der Waals surface area contributed by atoms with E-state index in [1.54, 1.807) is 30.7 Å². The van der Waals surface area contributed by atoms with E-state index in [9.17, 15) is 9.59 Å². The summed E-state index contributed by atoms with van der Waals surface area (Å²) in [6.07, 6.45) is 0. The van der Waals surface area contributed by atoms with Crippen molar-refractivity contribution < 1.29 is 14.3 Å². The lowest BCUT2D eigenvalue weighted by Gasteiger charge is -2.26. The molecule has 184 valence electrons. The van der Waals surface area contributed by atoms with Crippen molar-refractivity contribution in [2.24, 2.45) is 12.8 Å². The van der Waals surface area contributed by atoms with Crippen LogP contribution in [0.3, 0.4) is 0 Å². The summed E-state index contributed by atoms with van der Waals surface area (Å²) >= 11 is 0. The Bertz CT molecular complexity index is 1410. The summed E-state index contributed by atoms with van der Waals surface area (Å²) in [5.41, 5.74) is 11.3. The van der Waals surface area contributed by atoms with Crippen LogP contribution in [0.1, 0.15) is 51.8 Å². The molecule has 2 amide bonds. The van der Waals surface area contributed by atoms with Crippen LogP contribution in [0.4, 0.5) is 0 Å². The molecule has 0 bridgehead atoms. The van der Waals surface area contributed by atoms with E-state index < -0.39 is 5.91 Å². The second-order valence-corrected chi connectivity index (χ2v) is 9.71. The number of hydrogen-bond donors (Lipinski definition) is 1. The summed E-state index contributed by atoms with van der Waals surface area (Å²) in [6, 6.07) is 24.5. The van der Waals surface area contributed by atoms with Crippen molar-refractivity contribution in [1.29, 1.82) is 0 Å². The van der Waals surface area contributed by atoms with Crippen molar-refractivity contribution in [1.82, 2.24) is 14.6 Å². The van der Waals surface area contributed by atoms with Gasteiger partial charge in [0.2, 0.25) is 0 Å². The maximum absolute atomic E-state index is 12.1. The highest BCUT2D eigenvalue weighted by Crippen LogP contribution is 2.33. The molecule has 0 fully saturated rings. The van der Waals surface area contributed by atoms with E-state index in [0.717, 1.165) is 16.8 Å². The average Bonchev–Trinajstić information content (AvgIpc) is 3.17. The first-order valence-corrected chi connectivity index (χ1v) is 11.8. The molecular weight excluding hydrogens is 450 g/mol. The van der Waals surface area contributed by atoms with Crippen molar-refractivity contribution in [3.05, 3.63) is 101 Å². The molecule has 4 aromatic rings. The molecule has 7 heteroatoms. The number of hydrogen-bond acceptors (Lipinski definition) is 3. The van der Waals surface area contributed by atoms with Crippen molar-refractivity contribution in [3.63, 3.8) is 0 Å². The van der Waals surface area contributed by atoms with Crippen LogP contribution in [0.25, 0.3) is 16.8 Å². The Labute approximate surface area is 211 Å². The number of benzene rings is 3. The quantitative estimate of drug-likeness (QED) is 0.424. The van der Waals surface area contributed by atoms with Gasteiger partial charge in [0.05, 0.1) is 5.69 Å². The number of primary amides is 1. The molecule has 3 aromatic carbocycles. The summed E-state index contributed by atoms with van der Waals surface area (Å²) in [5.74, 6) is 0.345. The molecule has 36 heavy (non-hydrogen) atoms. The molecule has 0 saturated heterocycles. The van der Waals surface area contributed by atoms with E-state index in [1.807, 2.05) is 48.0 Å². The van der Waals surface area contributed by atoms with Crippen LogP contribution in [0, 0.1) is 6.92 Å². The molecule has 0 aliphatic carbocycles. The maximum atomic E-state index is 12.1. The fourth-order valence-corrected chi connectivity index (χ4v) is 4.49. The second kappa shape index (κ2) is 9.41. The second-order valence-electron chi connectivity index (χ2n) is 9.71. The third kappa shape index (κ3) is 4.52. The lowest BCUT2D eigenvalue weighted by Crippen LogP contribution is -2.44. The van der Waals surface area contributed by atoms with Crippen LogP contribution in [0.15, 0.2) is 72.8 Å². The molecule has 1 heterocycles. The number of nitrogens with two attached hydrogens (primary N) is 1. The summed E-state index contributed by atoms with van der Waals surface area (Å²) in [6.45, 7) is 6.25. The molecule has 0 aliphatic heterocycles. The van der Waals surface area contributed by atoms with Gasteiger partial charge >= 0.3 is 11.7 Å². The van der Waals surface area contributed by atoms with Gasteiger partial charge < -0.3 is 10.6 Å². The van der Waals surface area contributed by atoms with Gasteiger partial charge in [0.25, 0.3) is 11.7 Å². The van der Waals surface area contributed by atoms with E-state index >= 15 is 0 Å². The summed E-state index contributed by atoms with van der Waals surface area (Å²) in [7, 11) is 5.28. The monoisotopic (exact) mass is 482 g/mol. The highest BCUT2D eigenvalue weighted by molar-refractivity contribution is 5.94. The smallest absolute Gasteiger partial charge is 0.359 e. The standard InChI is InChI=1S/C29H31N5O2/c1-19-31-27(26(30)35)33(6)34(19)25-17-15-24(16-18-25)29(2,3)23-13-11-21(12-14-23)20-7-9-22(10-8-20)28(36)32(4)5/h7-18H,1-6H3,(H-,30,35)/p+1. The topological polar surface area (TPSA) is 85.1 Å². The van der Waals surface area contributed by atoms with Gasteiger partial charge in [0.15, 0.2) is 0 Å². The maximum Gasteiger partial charge on any atom is 0.409 e. The number of carbonyl (C=O) groups excluding carboxylic acids is 2. The lowest BCUT2D eigenvalue weighted by molar-refractivity contribution is -0.747. The zero-order valence-corrected chi connectivity index (χ0v) is 21.6. The van der Waals surface area contributed by atoms with Crippen molar-refractivity contribution in [3.8, 4) is 16.8 Å². The first-order chi connectivity index (χ1) is 17.0. The first kappa shape index (κ1) is 24.9. The largest absolute Gasteiger partial charge is 0.409 e. The number of rotatable bonds is 6. The van der Waals surface area contributed by atoms with E-state index in [1.165, 1.54) is 11.1 Å². The number of amides is 2. The van der Waals surface area contributed by atoms with Crippen LogP contribution < -0.4 is 10.4 Å². The number of nitrogens with zero attached hydrogens (tertiary/aromatic N) is 4. The summed E-state index contributed by atoms with van der Waals surface area (Å²) < 4.78 is 3.53. The zero-order chi connectivity index (χ0) is 26.2. The van der Waals surface area contributed by atoms with Crippen LogP contribution in [-0.4, -0.2) is 40.5 Å². The minimum Gasteiger partial charge on any atom is -0.359 e. The minimum absolute atomic E-state index is 0.00470. The highest BCUT2D eigenvalue weighted by Gasteiger charge is 2.27. The molecule has 0 unspecified atom stereocenters. The Hall–Kier alpha value is -4.26. The fourth-order valence-electron chi connectivity index (χ4n) is 4.49. The Morgan fingerprint density at radius 1 is 0.861 bits per heavy atom. The third-order valence-corrected chi connectivity index (χ3v) is 6.71. The first-order valence-electron chi connectivity index (χ1n) is 11.8. The Morgan fingerprint density at radius 2 is 1.33 bits per heavy atom. The number of carbonyl (C=O) groups is 2. The molecule has 4 rings (SSSR count). The van der Waals surface area contributed by atoms with Crippen LogP contribution >= 0.6 is 0 Å². The van der Waals surface area contributed by atoms with Gasteiger partial charge in [0, 0.05) is 32.0 Å². The average molecular weight is 483 g/mol. The third-order valence-electron chi connectivity index (χ3n) is 6.71. The summed E-state index contributed by atoms with van der Waals surface area (Å²) in [5, 5.41) is 0. The molecule has 1 aromatic heterocycles. The Morgan fingerprint density at radius 3 is 1.78 bits per heavy atom. The highest BCUT2D eigenvalue weighted by atomic mass is 16.2. The minimum atomic E-state index is -0.557. The van der Waals surface area contributed by atoms with Crippen molar-refractivity contribution in [2.45, 2.75) is 26.2 Å². The van der Waals surface area contributed by atoms with E-state index in [4.69, 9.17) is 5.73 Å². The molecule has 7 nitrogen and oxygen atoms in total. The molecular formula is C29H32N5O2+. The van der Waals surface area contributed by atoms with Crippen LogP contribution in [0.2, 0.25) is 0 Å². The van der Waals surface area contributed by atoms with E-state index in [2.05, 4.69) is 55.2 Å². The Kier molecular flexibility index (Phi) is 6.50. The van der Waals surface area contributed by atoms with Gasteiger partial charge in [-0.3, -0.25) is 9.59 Å². The van der Waals surface area contributed by atoms with Gasteiger partial charge in [-0.05, 0) is 51.5 Å². The van der Waals surface area contributed by atoms with Gasteiger partial charge in [-0.1, -0.05) is 62.4 Å². The fraction of sp³-hybridized carbons (Fsp3) is 0.241. The van der Waals surface area contributed by atoms with Gasteiger partial charge in [0.1, 0.15) is 7.05 Å². The number of aromatic nitrogens is 3. The molecule has 2 N–H and O–H groups in total. The van der Waals surface area contributed by atoms with E-state index in [-0.39, 0.29) is 17.1 Å².